The van der Waals surface area contributed by atoms with E-state index in [2.05, 4.69) is 44.0 Å². The van der Waals surface area contributed by atoms with Crippen molar-refractivity contribution in [2.45, 2.75) is 43.5 Å². The number of para-hydroxylation sites is 1. The van der Waals surface area contributed by atoms with E-state index < -0.39 is 10.0 Å². The third-order valence-electron chi connectivity index (χ3n) is 5.57. The van der Waals surface area contributed by atoms with Gasteiger partial charge in [0.25, 0.3) is 10.0 Å². The molecule has 2 aromatic carbocycles. The number of aryl methyl sites for hydroxylation is 1. The van der Waals surface area contributed by atoms with Gasteiger partial charge in [-0.2, -0.15) is 0 Å². The second-order valence-electron chi connectivity index (χ2n) is 7.91. The van der Waals surface area contributed by atoms with E-state index in [0.29, 0.717) is 30.9 Å². The van der Waals surface area contributed by atoms with Crippen LogP contribution in [0.15, 0.2) is 70.7 Å². The number of amides is 1. The molecule has 4 rings (SSSR count). The summed E-state index contributed by atoms with van der Waals surface area (Å²) in [6, 6.07) is 17.2. The molecule has 0 saturated heterocycles. The maximum atomic E-state index is 12.1. The lowest BCUT2D eigenvalue weighted by molar-refractivity contribution is -0.121. The van der Waals surface area contributed by atoms with Crippen LogP contribution in [0.3, 0.4) is 0 Å². The predicted molar refractivity (Wildman–Crippen MR) is 126 cm³/mol. The van der Waals surface area contributed by atoms with Gasteiger partial charge in [-0.25, -0.2) is 8.42 Å². The Labute approximate surface area is 188 Å². The molecule has 2 heterocycles. The zero-order chi connectivity index (χ0) is 22.4. The van der Waals surface area contributed by atoms with Crippen molar-refractivity contribution in [3.8, 4) is 0 Å². The lowest BCUT2D eigenvalue weighted by atomic mass is 10.2. The Hall–Kier alpha value is -3.13. The van der Waals surface area contributed by atoms with Crippen LogP contribution in [0.4, 0.5) is 0 Å². The molecule has 0 aliphatic carbocycles. The van der Waals surface area contributed by atoms with Crippen molar-refractivity contribution in [1.29, 1.82) is 0 Å². The van der Waals surface area contributed by atoms with Gasteiger partial charge in [0.2, 0.25) is 5.91 Å². The van der Waals surface area contributed by atoms with Crippen molar-refractivity contribution in [3.63, 3.8) is 0 Å². The Morgan fingerprint density at radius 2 is 1.78 bits per heavy atom. The van der Waals surface area contributed by atoms with Crippen LogP contribution in [0.25, 0.3) is 10.9 Å². The molecule has 7 nitrogen and oxygen atoms in total. The molecule has 0 atom stereocenters. The fraction of sp³-hybridized carbons (Fsp3) is 0.333. The zero-order valence-corrected chi connectivity index (χ0v) is 18.8. The van der Waals surface area contributed by atoms with Crippen LogP contribution in [0.2, 0.25) is 0 Å². The van der Waals surface area contributed by atoms with Gasteiger partial charge in [-0.1, -0.05) is 36.8 Å². The number of amidine groups is 1. The molecule has 1 aromatic heterocycles. The molecule has 0 spiro atoms. The second kappa shape index (κ2) is 9.99. The highest BCUT2D eigenvalue weighted by Gasteiger charge is 2.29. The van der Waals surface area contributed by atoms with Gasteiger partial charge in [0.1, 0.15) is 5.84 Å². The lowest BCUT2D eigenvalue weighted by Gasteiger charge is -2.07. The van der Waals surface area contributed by atoms with Crippen LogP contribution in [-0.4, -0.2) is 37.8 Å². The number of rotatable bonds is 10. The first-order chi connectivity index (χ1) is 15.5. The minimum Gasteiger partial charge on any atom is -0.356 e. The lowest BCUT2D eigenvalue weighted by Crippen LogP contribution is -2.24. The highest BCUT2D eigenvalue weighted by Crippen LogP contribution is 2.22. The molecule has 1 aliphatic heterocycles. The van der Waals surface area contributed by atoms with Crippen LogP contribution in [0, 0.1) is 0 Å². The molecule has 0 fully saturated rings. The van der Waals surface area contributed by atoms with E-state index in [1.165, 1.54) is 10.9 Å². The summed E-state index contributed by atoms with van der Waals surface area (Å²) >= 11 is 0. The van der Waals surface area contributed by atoms with Gasteiger partial charge in [0.05, 0.1) is 4.90 Å². The summed E-state index contributed by atoms with van der Waals surface area (Å²) in [4.78, 5) is 16.7. The van der Waals surface area contributed by atoms with Gasteiger partial charge in [-0.3, -0.25) is 14.5 Å². The van der Waals surface area contributed by atoms with Crippen molar-refractivity contribution < 1.29 is 13.2 Å². The Morgan fingerprint density at radius 3 is 2.69 bits per heavy atom. The molecule has 1 amide bonds. The molecule has 0 radical (unpaired) electrons. The number of carbonyl (C=O) groups is 1. The van der Waals surface area contributed by atoms with E-state index in [1.54, 1.807) is 24.3 Å². The molecule has 0 saturated carbocycles. The first kappa shape index (κ1) is 22.1. The molecule has 1 aliphatic rings. The molecule has 2 N–H and O–H groups in total. The number of aromatic nitrogens is 1. The summed E-state index contributed by atoms with van der Waals surface area (Å²) in [7, 11) is -3.49. The quantitative estimate of drug-likeness (QED) is 0.462. The van der Waals surface area contributed by atoms with Gasteiger partial charge in [0, 0.05) is 43.3 Å². The fourth-order valence-corrected chi connectivity index (χ4v) is 5.17. The average Bonchev–Trinajstić information content (AvgIpc) is 3.32. The largest absolute Gasteiger partial charge is 0.356 e. The van der Waals surface area contributed by atoms with Crippen molar-refractivity contribution in [2.75, 3.05) is 13.1 Å². The third-order valence-corrected chi connectivity index (χ3v) is 6.97. The SMILES string of the molecule is O=C(CCCCCN=C1NS(=O)(=O)c2ccccc21)NCCCn1ccc2ccccc21. The number of sulfonamides is 1. The third kappa shape index (κ3) is 5.19. The van der Waals surface area contributed by atoms with Crippen LogP contribution in [0.1, 0.15) is 37.7 Å². The van der Waals surface area contributed by atoms with E-state index in [1.807, 2.05) is 12.1 Å². The summed E-state index contributed by atoms with van der Waals surface area (Å²) in [6.07, 6.45) is 5.94. The number of fused-ring (bicyclic) bond motifs is 2. The van der Waals surface area contributed by atoms with Crippen molar-refractivity contribution in [2.24, 2.45) is 4.99 Å². The summed E-state index contributed by atoms with van der Waals surface area (Å²) in [5, 5.41) is 4.22. The first-order valence-corrected chi connectivity index (χ1v) is 12.5. The Bertz CT molecular complexity index is 1230. The maximum absolute atomic E-state index is 12.1. The number of aliphatic imine (C=N–C) groups is 1. The average molecular weight is 453 g/mol. The van der Waals surface area contributed by atoms with Gasteiger partial charge < -0.3 is 9.88 Å². The number of hydrogen-bond donors (Lipinski definition) is 2. The number of carbonyl (C=O) groups excluding carboxylic acids is 1. The molecular weight excluding hydrogens is 424 g/mol. The minimum absolute atomic E-state index is 0.0751. The van der Waals surface area contributed by atoms with Gasteiger partial charge >= 0.3 is 0 Å². The van der Waals surface area contributed by atoms with Gasteiger partial charge in [-0.15, -0.1) is 0 Å². The molecule has 0 bridgehead atoms. The van der Waals surface area contributed by atoms with Crippen LogP contribution >= 0.6 is 0 Å². The molecule has 0 unspecified atom stereocenters. The second-order valence-corrected chi connectivity index (χ2v) is 9.56. The molecule has 32 heavy (non-hydrogen) atoms. The van der Waals surface area contributed by atoms with Crippen molar-refractivity contribution in [1.82, 2.24) is 14.6 Å². The molecule has 168 valence electrons. The van der Waals surface area contributed by atoms with Gasteiger partial charge in [-0.05, 0) is 48.9 Å². The monoisotopic (exact) mass is 452 g/mol. The number of nitrogens with one attached hydrogen (secondary N) is 2. The topological polar surface area (TPSA) is 92.6 Å². The summed E-state index contributed by atoms with van der Waals surface area (Å²) in [6.45, 7) is 2.07. The van der Waals surface area contributed by atoms with E-state index in [0.717, 1.165) is 32.2 Å². The summed E-state index contributed by atoms with van der Waals surface area (Å²) in [5.41, 5.74) is 1.84. The number of unbranched alkanes of at least 4 members (excludes halogenated alkanes) is 2. The van der Waals surface area contributed by atoms with Crippen LogP contribution < -0.4 is 10.0 Å². The Balaban J connectivity index is 1.10. The smallest absolute Gasteiger partial charge is 0.263 e. The minimum atomic E-state index is -3.49. The summed E-state index contributed by atoms with van der Waals surface area (Å²) in [5.74, 6) is 0.486. The van der Waals surface area contributed by atoms with Gasteiger partial charge in [0.15, 0.2) is 0 Å². The zero-order valence-electron chi connectivity index (χ0n) is 18.0. The van der Waals surface area contributed by atoms with Crippen molar-refractivity contribution >= 4 is 32.7 Å². The normalized spacial score (nSPS) is 15.6. The van der Waals surface area contributed by atoms with Crippen molar-refractivity contribution in [3.05, 3.63) is 66.4 Å². The highest BCUT2D eigenvalue weighted by molar-refractivity contribution is 7.90. The molecular formula is C24H28N4O3S. The van der Waals surface area contributed by atoms with E-state index >= 15 is 0 Å². The van der Waals surface area contributed by atoms with Crippen LogP contribution in [-0.2, 0) is 21.4 Å². The molecule has 3 aromatic rings. The number of nitrogens with zero attached hydrogens (tertiary/aromatic N) is 2. The highest BCUT2D eigenvalue weighted by atomic mass is 32.2. The predicted octanol–water partition coefficient (Wildman–Crippen LogP) is 3.45. The van der Waals surface area contributed by atoms with E-state index in [9.17, 15) is 13.2 Å². The Morgan fingerprint density at radius 1 is 0.969 bits per heavy atom. The first-order valence-electron chi connectivity index (χ1n) is 11.0. The fourth-order valence-electron chi connectivity index (χ4n) is 3.92. The van der Waals surface area contributed by atoms with E-state index in [-0.39, 0.29) is 10.8 Å². The summed E-state index contributed by atoms with van der Waals surface area (Å²) < 4.78 is 28.9. The standard InChI is InChI=1S/C24H28N4O3S/c29-23(25-16-8-17-28-18-14-19-9-3-5-11-21(19)28)13-2-1-7-15-26-24-20-10-4-6-12-22(20)32(30,31)27-24/h3-6,9-12,14,18H,1-2,7-8,13,15-17H2,(H,25,29)(H,26,27). The maximum Gasteiger partial charge on any atom is 0.263 e. The molecule has 8 heteroatoms. The number of benzene rings is 2. The Kier molecular flexibility index (Phi) is 6.90. The van der Waals surface area contributed by atoms with E-state index in [4.69, 9.17) is 0 Å². The van der Waals surface area contributed by atoms with Crippen LogP contribution in [0.5, 0.6) is 0 Å². The number of hydrogen-bond acceptors (Lipinski definition) is 4.